The molecule has 0 spiro atoms. The zero-order valence-corrected chi connectivity index (χ0v) is 24.8. The number of nitrogens with zero attached hydrogens (tertiary/aromatic N) is 2. The van der Waals surface area contributed by atoms with Gasteiger partial charge in [-0.3, -0.25) is 0 Å². The largest absolute Gasteiger partial charge is 0.240 e. The summed E-state index contributed by atoms with van der Waals surface area (Å²) in [6.45, 7) is 0. The van der Waals surface area contributed by atoms with Gasteiger partial charge < -0.3 is 0 Å². The molecule has 1 aromatic heterocycles. The summed E-state index contributed by atoms with van der Waals surface area (Å²) < 4.78 is 2.05. The predicted octanol–water partition coefficient (Wildman–Crippen LogP) is 8.70. The van der Waals surface area contributed by atoms with Gasteiger partial charge in [-0.15, -0.1) is 0 Å². The fraction of sp³-hybridized carbons (Fsp3) is 0.0250. The van der Waals surface area contributed by atoms with Crippen molar-refractivity contribution < 1.29 is 0 Å². The Morgan fingerprint density at radius 1 is 0.419 bits per heavy atom. The Hall–Kier alpha value is -5.04. The van der Waals surface area contributed by atoms with Crippen molar-refractivity contribution in [3.8, 4) is 28.1 Å². The van der Waals surface area contributed by atoms with Gasteiger partial charge in [0.1, 0.15) is 29.3 Å². The van der Waals surface area contributed by atoms with Crippen LogP contribution in [0.1, 0.15) is 5.56 Å². The number of para-hydroxylation sites is 1. The molecule has 0 fully saturated rings. The maximum atomic E-state index is 5.25. The zero-order chi connectivity index (χ0) is 28.9. The second-order valence-electron chi connectivity index (χ2n) is 10.7. The maximum Gasteiger partial charge on any atom is 0.116 e. The van der Waals surface area contributed by atoms with E-state index in [0.717, 1.165) is 23.1 Å². The quantitative estimate of drug-likeness (QED) is 0.167. The summed E-state index contributed by atoms with van der Waals surface area (Å²) in [5.74, 6) is 0. The van der Waals surface area contributed by atoms with Gasteiger partial charge in [-0.2, -0.15) is 5.10 Å². The van der Waals surface area contributed by atoms with E-state index in [4.69, 9.17) is 5.10 Å². The molecule has 7 aromatic rings. The van der Waals surface area contributed by atoms with E-state index in [1.807, 2.05) is 10.7 Å². The van der Waals surface area contributed by atoms with Crippen molar-refractivity contribution in [2.75, 3.05) is 0 Å². The van der Waals surface area contributed by atoms with Crippen LogP contribution in [0.2, 0.25) is 0 Å². The molecule has 0 atom stereocenters. The van der Waals surface area contributed by atoms with Gasteiger partial charge in [0.25, 0.3) is 0 Å². The molecule has 2 nitrogen and oxygen atoms in total. The molecule has 0 saturated heterocycles. The third kappa shape index (κ3) is 5.34. The van der Waals surface area contributed by atoms with Crippen LogP contribution in [0.15, 0.2) is 182 Å². The van der Waals surface area contributed by atoms with Gasteiger partial charge in [0.15, 0.2) is 0 Å². The maximum absolute atomic E-state index is 5.25. The van der Waals surface area contributed by atoms with Gasteiger partial charge in [0, 0.05) is 17.3 Å². The molecule has 0 radical (unpaired) electrons. The summed E-state index contributed by atoms with van der Waals surface area (Å²) >= 11 is 0. The molecule has 0 aliphatic heterocycles. The summed E-state index contributed by atoms with van der Waals surface area (Å²) in [7, 11) is -2.11. The molecule has 1 heterocycles. The van der Waals surface area contributed by atoms with Gasteiger partial charge in [-0.05, 0) is 59.7 Å². The Balaban J connectivity index is 1.43. The van der Waals surface area contributed by atoms with E-state index in [9.17, 15) is 0 Å². The topological polar surface area (TPSA) is 17.8 Å². The average molecular weight is 572 g/mol. The van der Waals surface area contributed by atoms with Gasteiger partial charge in [-0.1, -0.05) is 127 Å². The summed E-state index contributed by atoms with van der Waals surface area (Å²) in [6.07, 6.45) is 3.10. The van der Waals surface area contributed by atoms with E-state index < -0.39 is 7.26 Å². The number of benzene rings is 6. The minimum Gasteiger partial charge on any atom is -0.240 e. The van der Waals surface area contributed by atoms with Crippen molar-refractivity contribution in [1.82, 2.24) is 9.78 Å². The van der Waals surface area contributed by atoms with Crippen molar-refractivity contribution in [1.29, 1.82) is 0 Å². The molecular formula is C40H32N2P+. The molecule has 43 heavy (non-hydrogen) atoms. The van der Waals surface area contributed by atoms with Crippen LogP contribution in [0, 0.1) is 0 Å². The molecule has 0 aliphatic rings. The van der Waals surface area contributed by atoms with Crippen molar-refractivity contribution in [2.45, 2.75) is 6.16 Å². The average Bonchev–Trinajstić information content (AvgIpc) is 3.53. The van der Waals surface area contributed by atoms with Gasteiger partial charge in [-0.25, -0.2) is 4.68 Å². The number of hydrogen-bond acceptors (Lipinski definition) is 1. The Morgan fingerprint density at radius 3 is 1.30 bits per heavy atom. The lowest BCUT2D eigenvalue weighted by Crippen LogP contribution is -2.32. The van der Waals surface area contributed by atoms with E-state index in [2.05, 4.69) is 176 Å². The summed E-state index contributed by atoms with van der Waals surface area (Å²) in [5, 5.41) is 9.35. The molecule has 0 unspecified atom stereocenters. The van der Waals surface area contributed by atoms with Crippen LogP contribution in [0.25, 0.3) is 28.1 Å². The number of rotatable bonds is 8. The lowest BCUT2D eigenvalue weighted by molar-refractivity contribution is 0.884. The first-order chi connectivity index (χ1) is 21.3. The van der Waals surface area contributed by atoms with Crippen LogP contribution in [-0.2, 0) is 6.16 Å². The normalized spacial score (nSPS) is 11.3. The first-order valence-electron chi connectivity index (χ1n) is 14.7. The first-order valence-corrected chi connectivity index (χ1v) is 16.6. The smallest absolute Gasteiger partial charge is 0.116 e. The van der Waals surface area contributed by atoms with E-state index >= 15 is 0 Å². The van der Waals surface area contributed by atoms with E-state index in [0.29, 0.717) is 0 Å². The van der Waals surface area contributed by atoms with E-state index in [1.165, 1.54) is 32.6 Å². The fourth-order valence-electron chi connectivity index (χ4n) is 5.96. The fourth-order valence-corrected chi connectivity index (χ4v) is 10.2. The van der Waals surface area contributed by atoms with Crippen molar-refractivity contribution in [2.24, 2.45) is 0 Å². The van der Waals surface area contributed by atoms with Crippen LogP contribution in [0.4, 0.5) is 0 Å². The molecule has 3 heteroatoms. The molecule has 0 saturated carbocycles. The Labute approximate surface area is 254 Å². The van der Waals surface area contributed by atoms with Crippen LogP contribution >= 0.6 is 7.26 Å². The van der Waals surface area contributed by atoms with Crippen molar-refractivity contribution >= 4 is 23.2 Å². The minimum absolute atomic E-state index is 0.855. The van der Waals surface area contributed by atoms with Gasteiger partial charge in [0.05, 0.1) is 11.4 Å². The number of aromatic nitrogens is 2. The molecule has 0 aliphatic carbocycles. The summed E-state index contributed by atoms with van der Waals surface area (Å²) in [6, 6.07) is 63.1. The second kappa shape index (κ2) is 12.1. The second-order valence-corrected chi connectivity index (χ2v) is 14.2. The lowest BCUT2D eigenvalue weighted by atomic mass is 10.0. The molecule has 6 aromatic carbocycles. The first kappa shape index (κ1) is 26.8. The minimum atomic E-state index is -2.11. The van der Waals surface area contributed by atoms with Gasteiger partial charge >= 0.3 is 0 Å². The highest BCUT2D eigenvalue weighted by Crippen LogP contribution is 2.59. The Bertz CT molecular complexity index is 1800. The third-order valence-corrected chi connectivity index (χ3v) is 12.4. The molecule has 0 amide bonds. The highest BCUT2D eigenvalue weighted by Gasteiger charge is 2.46. The van der Waals surface area contributed by atoms with Crippen molar-refractivity contribution in [3.05, 3.63) is 188 Å². The monoisotopic (exact) mass is 571 g/mol. The van der Waals surface area contributed by atoms with Crippen molar-refractivity contribution in [3.63, 3.8) is 0 Å². The van der Waals surface area contributed by atoms with Crippen LogP contribution < -0.4 is 15.9 Å². The standard InChI is InChI=1S/C40H32N2P/c1-6-16-32(17-7-1)33-26-28-34(29-27-33)40-35(30-42(41-40)36-18-8-2-9-19-36)31-43(37-20-10-3-11-21-37,38-22-12-4-13-23-38)39-24-14-5-15-25-39/h1-30H,31H2/q+1. The molecule has 7 rings (SSSR count). The van der Waals surface area contributed by atoms with Crippen LogP contribution in [-0.4, -0.2) is 9.78 Å². The SMILES string of the molecule is c1ccc(-c2ccc(-c3nn(-c4ccccc4)cc3C[P+](c3ccccc3)(c3ccccc3)c3ccccc3)cc2)cc1. The Kier molecular flexibility index (Phi) is 7.52. The highest BCUT2D eigenvalue weighted by atomic mass is 31.2. The van der Waals surface area contributed by atoms with Crippen LogP contribution in [0.3, 0.4) is 0 Å². The predicted molar refractivity (Wildman–Crippen MR) is 183 cm³/mol. The van der Waals surface area contributed by atoms with E-state index in [1.54, 1.807) is 0 Å². The summed E-state index contributed by atoms with van der Waals surface area (Å²) in [4.78, 5) is 0. The highest BCUT2D eigenvalue weighted by molar-refractivity contribution is 7.95. The summed E-state index contributed by atoms with van der Waals surface area (Å²) in [5.41, 5.74) is 6.85. The lowest BCUT2D eigenvalue weighted by Gasteiger charge is -2.27. The molecular weight excluding hydrogens is 539 g/mol. The molecule has 0 N–H and O–H groups in total. The van der Waals surface area contributed by atoms with E-state index in [-0.39, 0.29) is 0 Å². The van der Waals surface area contributed by atoms with Crippen LogP contribution in [0.5, 0.6) is 0 Å². The molecule has 0 bridgehead atoms. The third-order valence-electron chi connectivity index (χ3n) is 8.07. The molecule has 206 valence electrons. The number of hydrogen-bond donors (Lipinski definition) is 0. The van der Waals surface area contributed by atoms with Gasteiger partial charge in [0.2, 0.25) is 0 Å². The Morgan fingerprint density at radius 2 is 0.814 bits per heavy atom. The zero-order valence-electron chi connectivity index (χ0n) is 23.9.